The maximum absolute atomic E-state index is 14.1. The molecular formula is C17H15BrF4N2OS. The highest BCUT2D eigenvalue weighted by molar-refractivity contribution is 9.10. The summed E-state index contributed by atoms with van der Waals surface area (Å²) in [6, 6.07) is 6.64. The summed E-state index contributed by atoms with van der Waals surface area (Å²) in [7, 11) is 0. The van der Waals surface area contributed by atoms with Crippen molar-refractivity contribution < 1.29 is 22.3 Å². The van der Waals surface area contributed by atoms with Crippen molar-refractivity contribution in [3.8, 4) is 5.75 Å². The average molecular weight is 451 g/mol. The quantitative estimate of drug-likeness (QED) is 0.317. The highest BCUT2D eigenvalue weighted by atomic mass is 79.9. The van der Waals surface area contributed by atoms with Gasteiger partial charge in [-0.3, -0.25) is 4.98 Å². The van der Waals surface area contributed by atoms with Crippen LogP contribution in [0.5, 0.6) is 5.75 Å². The molecule has 0 bridgehead atoms. The van der Waals surface area contributed by atoms with Crippen molar-refractivity contribution in [1.29, 1.82) is 0 Å². The van der Waals surface area contributed by atoms with Crippen LogP contribution in [0, 0.1) is 5.82 Å². The van der Waals surface area contributed by atoms with Crippen LogP contribution in [0.15, 0.2) is 45.4 Å². The molecule has 140 valence electrons. The molecule has 0 N–H and O–H groups in total. The summed E-state index contributed by atoms with van der Waals surface area (Å²) in [5, 5.41) is 0. The van der Waals surface area contributed by atoms with Crippen LogP contribution in [0.25, 0.3) is 0 Å². The smallest absolute Gasteiger partial charge is 0.403 e. The Labute approximate surface area is 161 Å². The molecule has 2 rings (SSSR count). The molecule has 0 fully saturated rings. The molecule has 0 aliphatic rings. The molecule has 0 unspecified atom stereocenters. The first kappa shape index (κ1) is 20.7. The number of halogens is 5. The van der Waals surface area contributed by atoms with E-state index in [2.05, 4.69) is 30.0 Å². The fraction of sp³-hybridized carbons (Fsp3) is 0.294. The minimum Gasteiger partial charge on any atom is -0.403 e. The minimum atomic E-state index is -4.97. The first-order valence-corrected chi connectivity index (χ1v) is 8.96. The number of rotatable bonds is 4. The lowest BCUT2D eigenvalue weighted by Crippen LogP contribution is -2.18. The van der Waals surface area contributed by atoms with Crippen molar-refractivity contribution in [3.63, 3.8) is 0 Å². The third kappa shape index (κ3) is 5.98. The van der Waals surface area contributed by atoms with E-state index < -0.39 is 17.9 Å². The van der Waals surface area contributed by atoms with Crippen molar-refractivity contribution in [2.24, 2.45) is 4.40 Å². The number of benzene rings is 1. The first-order valence-electron chi connectivity index (χ1n) is 7.39. The van der Waals surface area contributed by atoms with E-state index >= 15 is 0 Å². The topological polar surface area (TPSA) is 34.5 Å². The van der Waals surface area contributed by atoms with Crippen molar-refractivity contribution in [2.45, 2.75) is 31.9 Å². The summed E-state index contributed by atoms with van der Waals surface area (Å²) in [5.74, 6) is -2.04. The zero-order valence-electron chi connectivity index (χ0n) is 14.1. The van der Waals surface area contributed by atoms with Crippen molar-refractivity contribution in [1.82, 2.24) is 4.98 Å². The van der Waals surface area contributed by atoms with Gasteiger partial charge in [0.2, 0.25) is 0 Å². The molecular weight excluding hydrogens is 436 g/mol. The van der Waals surface area contributed by atoms with Crippen molar-refractivity contribution in [3.05, 3.63) is 58.1 Å². The van der Waals surface area contributed by atoms with Gasteiger partial charge in [-0.05, 0) is 79.0 Å². The number of hydrogen-bond acceptors (Lipinski definition) is 4. The van der Waals surface area contributed by atoms with Gasteiger partial charge in [0.1, 0.15) is 11.4 Å². The van der Waals surface area contributed by atoms with Crippen molar-refractivity contribution >= 4 is 33.6 Å². The Morgan fingerprint density at radius 3 is 2.42 bits per heavy atom. The molecule has 0 aliphatic heterocycles. The molecule has 0 aliphatic carbocycles. The predicted molar refractivity (Wildman–Crippen MR) is 98.0 cm³/mol. The summed E-state index contributed by atoms with van der Waals surface area (Å²) in [6.07, 6.45) is -3.42. The zero-order chi connectivity index (χ0) is 19.5. The van der Waals surface area contributed by atoms with Crippen LogP contribution in [0.4, 0.5) is 17.6 Å². The lowest BCUT2D eigenvalue weighted by molar-refractivity contribution is -0.275. The Balaban J connectivity index is 2.49. The molecule has 0 amide bonds. The largest absolute Gasteiger partial charge is 0.573 e. The predicted octanol–water partition coefficient (Wildman–Crippen LogP) is 6.17. The Morgan fingerprint density at radius 1 is 1.19 bits per heavy atom. The highest BCUT2D eigenvalue weighted by Crippen LogP contribution is 2.30. The van der Waals surface area contributed by atoms with Crippen LogP contribution < -0.4 is 4.74 Å². The molecule has 2 aromatic rings. The maximum atomic E-state index is 14.1. The number of hydrogen-bond donors (Lipinski definition) is 0. The molecule has 0 saturated carbocycles. The van der Waals surface area contributed by atoms with E-state index in [0.717, 1.165) is 12.1 Å². The van der Waals surface area contributed by atoms with Gasteiger partial charge in [0.15, 0.2) is 11.6 Å². The minimum absolute atomic E-state index is 0.218. The number of aromatic nitrogens is 1. The monoisotopic (exact) mass is 450 g/mol. The van der Waals surface area contributed by atoms with Gasteiger partial charge >= 0.3 is 6.36 Å². The fourth-order valence-electron chi connectivity index (χ4n) is 1.83. The number of alkyl halides is 3. The second-order valence-electron chi connectivity index (χ2n) is 6.17. The number of pyridine rings is 1. The maximum Gasteiger partial charge on any atom is 0.573 e. The summed E-state index contributed by atoms with van der Waals surface area (Å²) in [5.41, 5.74) is 1.08. The molecule has 1 aromatic carbocycles. The Morgan fingerprint density at radius 2 is 1.88 bits per heavy atom. The van der Waals surface area contributed by atoms with Gasteiger partial charge in [-0.2, -0.15) is 0 Å². The number of ether oxygens (including phenoxy) is 1. The lowest BCUT2D eigenvalue weighted by Gasteiger charge is -2.16. The number of nitrogens with zero attached hydrogens (tertiary/aromatic N) is 2. The third-order valence-corrected chi connectivity index (χ3v) is 4.29. The first-order chi connectivity index (χ1) is 12.0. The van der Waals surface area contributed by atoms with E-state index in [4.69, 9.17) is 0 Å². The second kappa shape index (κ2) is 7.96. The summed E-state index contributed by atoms with van der Waals surface area (Å²) in [4.78, 5) is 4.24. The van der Waals surface area contributed by atoms with Crippen LogP contribution in [-0.2, 0) is 0 Å². The van der Waals surface area contributed by atoms with Gasteiger partial charge in [-0.15, -0.1) is 13.2 Å². The normalized spacial score (nSPS) is 13.0. The van der Waals surface area contributed by atoms with E-state index in [9.17, 15) is 17.6 Å². The van der Waals surface area contributed by atoms with Crippen LogP contribution in [0.2, 0.25) is 0 Å². The average Bonchev–Trinajstić information content (AvgIpc) is 2.49. The van der Waals surface area contributed by atoms with Crippen LogP contribution in [0.1, 0.15) is 32.0 Å². The third-order valence-electron chi connectivity index (χ3n) is 2.82. The van der Waals surface area contributed by atoms with Crippen LogP contribution >= 0.6 is 27.9 Å². The van der Waals surface area contributed by atoms with E-state index in [1.165, 1.54) is 18.0 Å². The lowest BCUT2D eigenvalue weighted by atomic mass is 10.1. The molecule has 0 spiro atoms. The van der Waals surface area contributed by atoms with Gasteiger partial charge in [0, 0.05) is 21.0 Å². The van der Waals surface area contributed by atoms with Gasteiger partial charge < -0.3 is 4.74 Å². The molecule has 3 nitrogen and oxygen atoms in total. The SMILES string of the molecule is CC(C)(C)S/N=C(\c1ccc(OC(F)(F)F)c(F)c1)c1ncccc1Br. The summed E-state index contributed by atoms with van der Waals surface area (Å²) >= 11 is 4.62. The van der Waals surface area contributed by atoms with E-state index in [-0.39, 0.29) is 10.3 Å². The van der Waals surface area contributed by atoms with Gasteiger partial charge in [0.25, 0.3) is 0 Å². The van der Waals surface area contributed by atoms with E-state index in [1.807, 2.05) is 20.8 Å². The van der Waals surface area contributed by atoms with Crippen LogP contribution in [-0.4, -0.2) is 21.8 Å². The molecule has 9 heteroatoms. The summed E-state index contributed by atoms with van der Waals surface area (Å²) < 4.78 is 59.6. The second-order valence-corrected chi connectivity index (χ2v) is 8.61. The Bertz CT molecular complexity index is 819. The highest BCUT2D eigenvalue weighted by Gasteiger charge is 2.32. The molecule has 0 atom stereocenters. The molecule has 1 aromatic heterocycles. The molecule has 1 heterocycles. The Kier molecular flexibility index (Phi) is 6.33. The van der Waals surface area contributed by atoms with Gasteiger partial charge in [0.05, 0.1) is 0 Å². The molecule has 0 saturated heterocycles. The zero-order valence-corrected chi connectivity index (χ0v) is 16.5. The standard InChI is InChI=1S/C17H15BrF4N2OS/c1-16(2,3)26-24-14(15-11(18)5-4-8-23-15)10-6-7-13(12(19)9-10)25-17(20,21)22/h4-9H,1-3H3/b24-14+. The van der Waals surface area contributed by atoms with Gasteiger partial charge in [-0.1, -0.05) is 0 Å². The van der Waals surface area contributed by atoms with Crippen LogP contribution in [0.3, 0.4) is 0 Å². The molecule has 0 radical (unpaired) electrons. The van der Waals surface area contributed by atoms with Crippen molar-refractivity contribution in [2.75, 3.05) is 0 Å². The van der Waals surface area contributed by atoms with Gasteiger partial charge in [-0.25, -0.2) is 8.79 Å². The Hall–Kier alpha value is -1.61. The van der Waals surface area contributed by atoms with E-state index in [0.29, 0.717) is 15.9 Å². The fourth-order valence-corrected chi connectivity index (χ4v) is 2.83. The molecule has 26 heavy (non-hydrogen) atoms. The summed E-state index contributed by atoms with van der Waals surface area (Å²) in [6.45, 7) is 5.85. The van der Waals surface area contributed by atoms with E-state index in [1.54, 1.807) is 18.3 Å².